The average Bonchev–Trinajstić information content (AvgIpc) is 3.42. The monoisotopic (exact) mass is 377 g/mol. The van der Waals surface area contributed by atoms with Gasteiger partial charge >= 0.3 is 0 Å². The molecule has 27 heavy (non-hydrogen) atoms. The lowest BCUT2D eigenvalue weighted by molar-refractivity contribution is 0.0941. The summed E-state index contributed by atoms with van der Waals surface area (Å²) in [7, 11) is 0. The van der Waals surface area contributed by atoms with Crippen molar-refractivity contribution < 1.29 is 9.21 Å². The standard InChI is InChI=1S/C21H19N3O2S/c1-14-10-11-18(26-14)20-17(13-24(23-20)16-7-4-3-5-8-16)21(25)22-15(2)19-9-6-12-27-19/h3-13,15H,1-2H3,(H,22,25). The summed E-state index contributed by atoms with van der Waals surface area (Å²) in [4.78, 5) is 14.1. The maximum absolute atomic E-state index is 13.0. The number of para-hydroxylation sites is 1. The van der Waals surface area contributed by atoms with Crippen LogP contribution in [0, 0.1) is 6.92 Å². The van der Waals surface area contributed by atoms with Crippen LogP contribution in [0.15, 0.2) is 70.6 Å². The molecule has 6 heteroatoms. The van der Waals surface area contributed by atoms with Gasteiger partial charge < -0.3 is 9.73 Å². The first-order valence-electron chi connectivity index (χ1n) is 8.68. The first-order valence-corrected chi connectivity index (χ1v) is 9.56. The summed E-state index contributed by atoms with van der Waals surface area (Å²) in [6.07, 6.45) is 1.75. The van der Waals surface area contributed by atoms with Crippen LogP contribution >= 0.6 is 11.3 Å². The second-order valence-electron chi connectivity index (χ2n) is 6.29. The lowest BCUT2D eigenvalue weighted by Crippen LogP contribution is -2.26. The molecule has 0 spiro atoms. The maximum Gasteiger partial charge on any atom is 0.255 e. The van der Waals surface area contributed by atoms with Crippen LogP contribution < -0.4 is 5.32 Å². The average molecular weight is 377 g/mol. The minimum atomic E-state index is -0.179. The fourth-order valence-electron chi connectivity index (χ4n) is 2.88. The van der Waals surface area contributed by atoms with Crippen molar-refractivity contribution in [1.29, 1.82) is 0 Å². The summed E-state index contributed by atoms with van der Waals surface area (Å²) in [5.41, 5.74) is 1.90. The zero-order chi connectivity index (χ0) is 18.8. The van der Waals surface area contributed by atoms with E-state index in [0.717, 1.165) is 16.3 Å². The van der Waals surface area contributed by atoms with E-state index >= 15 is 0 Å². The number of amides is 1. The van der Waals surface area contributed by atoms with Gasteiger partial charge in [0.25, 0.3) is 5.91 Å². The lowest BCUT2D eigenvalue weighted by atomic mass is 10.1. The third-order valence-corrected chi connectivity index (χ3v) is 5.33. The van der Waals surface area contributed by atoms with E-state index in [2.05, 4.69) is 10.4 Å². The van der Waals surface area contributed by atoms with Crippen LogP contribution in [0.5, 0.6) is 0 Å². The van der Waals surface area contributed by atoms with E-state index in [-0.39, 0.29) is 11.9 Å². The minimum absolute atomic E-state index is 0.0798. The predicted molar refractivity (Wildman–Crippen MR) is 106 cm³/mol. The second kappa shape index (κ2) is 7.25. The Morgan fingerprint density at radius 3 is 2.63 bits per heavy atom. The molecular weight excluding hydrogens is 358 g/mol. The van der Waals surface area contributed by atoms with E-state index in [1.54, 1.807) is 22.2 Å². The lowest BCUT2D eigenvalue weighted by Gasteiger charge is -2.11. The number of rotatable bonds is 5. The van der Waals surface area contributed by atoms with E-state index in [9.17, 15) is 4.79 Å². The molecule has 0 aliphatic carbocycles. The van der Waals surface area contributed by atoms with Crippen LogP contribution in [0.25, 0.3) is 17.1 Å². The van der Waals surface area contributed by atoms with Crippen molar-refractivity contribution in [3.8, 4) is 17.1 Å². The van der Waals surface area contributed by atoms with Gasteiger partial charge in [-0.15, -0.1) is 11.3 Å². The molecule has 0 radical (unpaired) electrons. The molecule has 136 valence electrons. The molecule has 3 heterocycles. The number of thiophene rings is 1. The largest absolute Gasteiger partial charge is 0.460 e. The summed E-state index contributed by atoms with van der Waals surface area (Å²) in [5.74, 6) is 1.18. The van der Waals surface area contributed by atoms with Crippen LogP contribution in [-0.4, -0.2) is 15.7 Å². The van der Waals surface area contributed by atoms with Gasteiger partial charge in [-0.25, -0.2) is 4.68 Å². The smallest absolute Gasteiger partial charge is 0.255 e. The van der Waals surface area contributed by atoms with E-state index in [0.29, 0.717) is 17.0 Å². The summed E-state index contributed by atoms with van der Waals surface area (Å²) in [6, 6.07) is 17.3. The quantitative estimate of drug-likeness (QED) is 0.533. The van der Waals surface area contributed by atoms with Crippen molar-refractivity contribution >= 4 is 17.2 Å². The molecule has 4 rings (SSSR count). The molecule has 0 aliphatic heterocycles. The normalized spacial score (nSPS) is 12.1. The molecule has 1 atom stereocenters. The number of furan rings is 1. The molecule has 5 nitrogen and oxygen atoms in total. The molecule has 0 saturated carbocycles. The Balaban J connectivity index is 1.71. The number of carbonyl (C=O) groups is 1. The zero-order valence-electron chi connectivity index (χ0n) is 15.0. The van der Waals surface area contributed by atoms with Crippen molar-refractivity contribution in [2.75, 3.05) is 0 Å². The highest BCUT2D eigenvalue weighted by Gasteiger charge is 2.22. The van der Waals surface area contributed by atoms with Crippen LogP contribution in [0.2, 0.25) is 0 Å². The van der Waals surface area contributed by atoms with Gasteiger partial charge in [-0.2, -0.15) is 5.10 Å². The summed E-state index contributed by atoms with van der Waals surface area (Å²) < 4.78 is 7.44. The number of aromatic nitrogens is 2. The highest BCUT2D eigenvalue weighted by molar-refractivity contribution is 7.10. The highest BCUT2D eigenvalue weighted by atomic mass is 32.1. The van der Waals surface area contributed by atoms with Crippen molar-refractivity contribution in [3.63, 3.8) is 0 Å². The molecule has 0 aliphatic rings. The second-order valence-corrected chi connectivity index (χ2v) is 7.27. The first-order chi connectivity index (χ1) is 13.1. The number of nitrogens with one attached hydrogen (secondary N) is 1. The van der Waals surface area contributed by atoms with Crippen LogP contribution in [-0.2, 0) is 0 Å². The van der Waals surface area contributed by atoms with E-state index < -0.39 is 0 Å². The van der Waals surface area contributed by atoms with Gasteiger partial charge in [-0.05, 0) is 49.6 Å². The molecule has 1 N–H and O–H groups in total. The van der Waals surface area contributed by atoms with Gasteiger partial charge in [0.05, 0.1) is 17.3 Å². The highest BCUT2D eigenvalue weighted by Crippen LogP contribution is 2.27. The van der Waals surface area contributed by atoms with Crippen molar-refractivity contribution in [1.82, 2.24) is 15.1 Å². The van der Waals surface area contributed by atoms with E-state index in [1.165, 1.54) is 0 Å². The number of benzene rings is 1. The molecule has 0 fully saturated rings. The fraction of sp³-hybridized carbons (Fsp3) is 0.143. The van der Waals surface area contributed by atoms with Gasteiger partial charge in [0.1, 0.15) is 11.5 Å². The molecule has 0 saturated heterocycles. The van der Waals surface area contributed by atoms with Crippen LogP contribution in [0.3, 0.4) is 0 Å². The van der Waals surface area contributed by atoms with E-state index in [1.807, 2.05) is 73.8 Å². The van der Waals surface area contributed by atoms with Crippen molar-refractivity contribution in [2.45, 2.75) is 19.9 Å². The molecule has 1 unspecified atom stereocenters. The number of nitrogens with zero attached hydrogens (tertiary/aromatic N) is 2. The van der Waals surface area contributed by atoms with Crippen molar-refractivity contribution in [3.05, 3.63) is 82.4 Å². The van der Waals surface area contributed by atoms with Gasteiger partial charge in [0.15, 0.2) is 5.76 Å². The Hall–Kier alpha value is -3.12. The molecule has 3 aromatic heterocycles. The van der Waals surface area contributed by atoms with Crippen molar-refractivity contribution in [2.24, 2.45) is 0 Å². The van der Waals surface area contributed by atoms with Gasteiger partial charge in [0.2, 0.25) is 0 Å². The first kappa shape index (κ1) is 17.3. The zero-order valence-corrected chi connectivity index (χ0v) is 15.9. The Bertz CT molecular complexity index is 1050. The number of hydrogen-bond donors (Lipinski definition) is 1. The third-order valence-electron chi connectivity index (χ3n) is 4.27. The minimum Gasteiger partial charge on any atom is -0.460 e. The molecular formula is C21H19N3O2S. The topological polar surface area (TPSA) is 60.1 Å². The Morgan fingerprint density at radius 2 is 1.96 bits per heavy atom. The van der Waals surface area contributed by atoms with E-state index in [4.69, 9.17) is 4.42 Å². The molecule has 0 bridgehead atoms. The molecule has 4 aromatic rings. The SMILES string of the molecule is Cc1ccc(-c2nn(-c3ccccc3)cc2C(=O)NC(C)c2cccs2)o1. The Kier molecular flexibility index (Phi) is 4.64. The van der Waals surface area contributed by atoms with Gasteiger partial charge in [-0.1, -0.05) is 24.3 Å². The molecule has 1 amide bonds. The third kappa shape index (κ3) is 3.57. The Morgan fingerprint density at radius 1 is 1.15 bits per heavy atom. The number of hydrogen-bond acceptors (Lipinski definition) is 4. The Labute approximate surface area is 161 Å². The summed E-state index contributed by atoms with van der Waals surface area (Å²) in [6.45, 7) is 3.85. The van der Waals surface area contributed by atoms with Gasteiger partial charge in [0, 0.05) is 11.1 Å². The maximum atomic E-state index is 13.0. The fourth-order valence-corrected chi connectivity index (χ4v) is 3.61. The summed E-state index contributed by atoms with van der Waals surface area (Å²) in [5, 5.41) is 9.68. The predicted octanol–water partition coefficient (Wildman–Crippen LogP) is 4.99. The van der Waals surface area contributed by atoms with Crippen LogP contribution in [0.1, 0.15) is 34.0 Å². The number of carbonyl (C=O) groups excluding carboxylic acids is 1. The number of aryl methyl sites for hydroxylation is 1. The molecule has 1 aromatic carbocycles. The van der Waals surface area contributed by atoms with Crippen LogP contribution in [0.4, 0.5) is 0 Å². The summed E-state index contributed by atoms with van der Waals surface area (Å²) >= 11 is 1.62. The van der Waals surface area contributed by atoms with Gasteiger partial charge in [-0.3, -0.25) is 4.79 Å².